The zero-order chi connectivity index (χ0) is 55.6. The van der Waals surface area contributed by atoms with Gasteiger partial charge >= 0.3 is 12.4 Å². The van der Waals surface area contributed by atoms with Crippen LogP contribution in [0.25, 0.3) is 34.4 Å². The third-order valence-electron chi connectivity index (χ3n) is 17.5. The maximum absolute atomic E-state index is 15.3. The number of unbranched alkanes of at least 4 members (excludes halogenated alkanes) is 2. The number of anilines is 1. The first-order chi connectivity index (χ1) is 37.8. The lowest BCUT2D eigenvalue weighted by molar-refractivity contribution is -0.143. The summed E-state index contributed by atoms with van der Waals surface area (Å²) >= 11 is 0. The summed E-state index contributed by atoms with van der Waals surface area (Å²) in [4.78, 5) is 13.8. The van der Waals surface area contributed by atoms with Gasteiger partial charge in [-0.3, -0.25) is 4.79 Å². The van der Waals surface area contributed by atoms with Crippen molar-refractivity contribution < 1.29 is 40.6 Å². The molecule has 1 fully saturated rings. The predicted octanol–water partition coefficient (Wildman–Crippen LogP) is 17.7. The summed E-state index contributed by atoms with van der Waals surface area (Å²) in [5.74, 6) is 1.39. The molecule has 5 atom stereocenters. The number of benzene rings is 6. The molecule has 5 nitrogen and oxygen atoms in total. The summed E-state index contributed by atoms with van der Waals surface area (Å²) in [6, 6.07) is 34.5. The predicted molar refractivity (Wildman–Crippen MR) is 302 cm³/mol. The van der Waals surface area contributed by atoms with Crippen molar-refractivity contribution in [1.29, 1.82) is 0 Å². The summed E-state index contributed by atoms with van der Waals surface area (Å²) in [6.07, 6.45) is 9.62. The minimum Gasteiger partial charge on any atom is -0.473 e. The van der Waals surface area contributed by atoms with Gasteiger partial charge in [0.15, 0.2) is 5.60 Å². The number of nitrogens with two attached hydrogens (primary N) is 1. The maximum atomic E-state index is 15.3. The molecule has 408 valence electrons. The lowest BCUT2D eigenvalue weighted by atomic mass is 9.72. The van der Waals surface area contributed by atoms with E-state index in [-0.39, 0.29) is 35.4 Å². The minimum absolute atomic E-state index is 0.123. The van der Waals surface area contributed by atoms with E-state index in [1.165, 1.54) is 56.9 Å². The molecule has 6 aromatic rings. The molecular formula is C68H66F6N2O3. The first kappa shape index (κ1) is 53.9. The summed E-state index contributed by atoms with van der Waals surface area (Å²) in [6.45, 7) is 7.58. The number of nitrogen functional groups attached to an aromatic ring is 1. The number of nitrogens with one attached hydrogen (secondary N) is 1. The van der Waals surface area contributed by atoms with Gasteiger partial charge in [0.05, 0.1) is 17.2 Å². The van der Waals surface area contributed by atoms with E-state index in [9.17, 15) is 18.0 Å². The first-order valence-electron chi connectivity index (χ1n) is 27.8. The van der Waals surface area contributed by atoms with E-state index < -0.39 is 40.6 Å². The van der Waals surface area contributed by atoms with Crippen LogP contribution in [-0.4, -0.2) is 19.1 Å². The average molecular weight is 1070 g/mol. The molecule has 0 aromatic heterocycles. The Hall–Kier alpha value is -7.11. The van der Waals surface area contributed by atoms with Crippen molar-refractivity contribution in [3.63, 3.8) is 0 Å². The SMILES string of the molecule is CCCCCC1CCCC(c2ccc(-c3ccc(C(=O)NC4=CC=C(C5=Cc6c(c7c(c8c6-c6cc(C(F)(F)F)cc(C(F)(F)F)c6C8(C)C)C=CC(c6ccccc6)(c6ccc(N)cc6)O7)CC5OC)C(C)C4)cc3)cc2)C1. The van der Waals surface area contributed by atoms with Gasteiger partial charge in [-0.15, -0.1) is 0 Å². The summed E-state index contributed by atoms with van der Waals surface area (Å²) in [5, 5.41) is 3.13. The van der Waals surface area contributed by atoms with Crippen LogP contribution >= 0.6 is 0 Å². The maximum Gasteiger partial charge on any atom is 0.416 e. The van der Waals surface area contributed by atoms with Gasteiger partial charge in [0, 0.05) is 58.1 Å². The number of hydrogen-bond donors (Lipinski definition) is 2. The van der Waals surface area contributed by atoms with Crippen molar-refractivity contribution in [3.8, 4) is 28.0 Å². The third-order valence-corrected chi connectivity index (χ3v) is 17.5. The Labute approximate surface area is 459 Å². The van der Waals surface area contributed by atoms with Crippen LogP contribution in [0.2, 0.25) is 0 Å². The van der Waals surface area contributed by atoms with Crippen LogP contribution in [0.1, 0.15) is 157 Å². The van der Waals surface area contributed by atoms with Crippen LogP contribution in [-0.2, 0) is 34.5 Å². The highest BCUT2D eigenvalue weighted by molar-refractivity contribution is 5.97. The molecule has 5 aliphatic rings. The second-order valence-electron chi connectivity index (χ2n) is 22.9. The fourth-order valence-corrected chi connectivity index (χ4v) is 13.6. The zero-order valence-electron chi connectivity index (χ0n) is 45.3. The molecule has 5 unspecified atom stereocenters. The van der Waals surface area contributed by atoms with Gasteiger partial charge in [0.1, 0.15) is 5.75 Å². The molecule has 6 aromatic carbocycles. The van der Waals surface area contributed by atoms with Crippen LogP contribution in [0.4, 0.5) is 32.0 Å². The Kier molecular flexibility index (Phi) is 14.2. The van der Waals surface area contributed by atoms with Crippen molar-refractivity contribution in [2.24, 2.45) is 11.8 Å². The number of methoxy groups -OCH3 is 1. The largest absolute Gasteiger partial charge is 0.473 e. The van der Waals surface area contributed by atoms with Gasteiger partial charge in [0.25, 0.3) is 5.91 Å². The number of carbonyl (C=O) groups is 1. The monoisotopic (exact) mass is 1070 g/mol. The molecule has 0 bridgehead atoms. The number of hydrogen-bond acceptors (Lipinski definition) is 4. The molecule has 1 saturated carbocycles. The molecule has 1 heterocycles. The Morgan fingerprint density at radius 3 is 2.14 bits per heavy atom. The van der Waals surface area contributed by atoms with Crippen LogP contribution in [0.15, 0.2) is 150 Å². The summed E-state index contributed by atoms with van der Waals surface area (Å²) < 4.78 is 104. The van der Waals surface area contributed by atoms with E-state index in [1.54, 1.807) is 33.1 Å². The quantitative estimate of drug-likeness (QED) is 0.0728. The molecule has 1 amide bonds. The highest BCUT2D eigenvalue weighted by Crippen LogP contribution is 2.62. The highest BCUT2D eigenvalue weighted by Gasteiger charge is 2.51. The first-order valence-corrected chi connectivity index (χ1v) is 27.8. The fraction of sp³-hybridized carbons (Fsp3) is 0.338. The lowest BCUT2D eigenvalue weighted by Gasteiger charge is -2.41. The van der Waals surface area contributed by atoms with Gasteiger partial charge in [-0.05, 0) is 147 Å². The van der Waals surface area contributed by atoms with Gasteiger partial charge in [-0.2, -0.15) is 26.3 Å². The van der Waals surface area contributed by atoms with Crippen LogP contribution in [0, 0.1) is 11.8 Å². The molecule has 3 N–H and O–H groups in total. The molecule has 79 heavy (non-hydrogen) atoms. The van der Waals surface area contributed by atoms with E-state index in [4.69, 9.17) is 15.2 Å². The summed E-state index contributed by atoms with van der Waals surface area (Å²) in [5.41, 5.74) is 11.1. The lowest BCUT2D eigenvalue weighted by Crippen LogP contribution is -2.36. The number of halogens is 6. The molecule has 0 radical (unpaired) electrons. The molecule has 0 saturated heterocycles. The second-order valence-corrected chi connectivity index (χ2v) is 22.9. The van der Waals surface area contributed by atoms with Crippen molar-refractivity contribution in [1.82, 2.24) is 5.32 Å². The van der Waals surface area contributed by atoms with E-state index in [0.29, 0.717) is 62.9 Å². The van der Waals surface area contributed by atoms with Gasteiger partial charge in [-0.1, -0.05) is 157 Å². The molecule has 0 spiro atoms. The number of rotatable bonds is 12. The van der Waals surface area contributed by atoms with Crippen molar-refractivity contribution >= 4 is 23.7 Å². The smallest absolute Gasteiger partial charge is 0.416 e. The van der Waals surface area contributed by atoms with E-state index in [2.05, 4.69) is 36.5 Å². The minimum atomic E-state index is -5.11. The van der Waals surface area contributed by atoms with E-state index in [0.717, 1.165) is 45.4 Å². The summed E-state index contributed by atoms with van der Waals surface area (Å²) in [7, 11) is 1.59. The number of fused-ring (bicyclic) bond motifs is 8. The second kappa shape index (κ2) is 20.8. The molecule has 1 aliphatic heterocycles. The third kappa shape index (κ3) is 9.95. The molecular weight excluding hydrogens is 1010 g/mol. The molecule has 11 heteroatoms. The van der Waals surface area contributed by atoms with Crippen molar-refractivity contribution in [3.05, 3.63) is 212 Å². The van der Waals surface area contributed by atoms with Crippen molar-refractivity contribution in [2.75, 3.05) is 12.8 Å². The van der Waals surface area contributed by atoms with Crippen LogP contribution in [0.5, 0.6) is 5.75 Å². The number of ether oxygens (including phenoxy) is 2. The normalized spacial score (nSPS) is 22.1. The Balaban J connectivity index is 0.947. The fourth-order valence-electron chi connectivity index (χ4n) is 13.6. The molecule has 4 aliphatic carbocycles. The Morgan fingerprint density at radius 2 is 1.48 bits per heavy atom. The van der Waals surface area contributed by atoms with Gasteiger partial charge in [0.2, 0.25) is 0 Å². The molecule has 11 rings (SSSR count). The average Bonchev–Trinajstić information content (AvgIpc) is 3.53. The number of allylic oxidation sites excluding steroid dienone is 3. The van der Waals surface area contributed by atoms with E-state index >= 15 is 13.2 Å². The van der Waals surface area contributed by atoms with Crippen LogP contribution < -0.4 is 15.8 Å². The number of amides is 1. The van der Waals surface area contributed by atoms with Crippen molar-refractivity contribution in [2.45, 2.75) is 127 Å². The van der Waals surface area contributed by atoms with Crippen LogP contribution in [0.3, 0.4) is 0 Å². The Bertz CT molecular complexity index is 3440. The standard InChI is InChI=1S/C68H66F6N2O3/c1-6-7-9-13-41-14-12-15-46(35-41)44-20-18-42(19-21-44)43-22-24-45(25-23-43)64(77)76-51-30-31-52(40(2)34-51)54-38-55-56(39-59(54)78-5)63-53(32-33-66(79-63,47-16-10-8-11-17-47)48-26-28-50(75)29-27-48)62-60(55)57-36-49(67(69,70)71)37-58(68(72,73)74)61(57)65(62,3)4/h8,10-11,16-33,36-38,40-41,46,59H,6-7,9,12-15,34-35,39,75H2,1-5H3,(H,76,77). The number of carbonyl (C=O) groups excluding carboxylic acids is 1. The van der Waals surface area contributed by atoms with Gasteiger partial charge in [-0.25, -0.2) is 0 Å². The van der Waals surface area contributed by atoms with Gasteiger partial charge < -0.3 is 20.5 Å². The van der Waals surface area contributed by atoms with E-state index in [1.807, 2.05) is 104 Å². The Morgan fingerprint density at radius 1 is 0.785 bits per heavy atom. The highest BCUT2D eigenvalue weighted by atomic mass is 19.4. The topological polar surface area (TPSA) is 73.6 Å². The zero-order valence-corrected chi connectivity index (χ0v) is 45.3. The number of alkyl halides is 6.